The number of nitrogens with zero attached hydrogens (tertiary/aromatic N) is 1. The molecule has 0 aromatic heterocycles. The van der Waals surface area contributed by atoms with E-state index in [2.05, 4.69) is 60.5 Å². The zero-order valence-corrected chi connectivity index (χ0v) is 16.1. The topological polar surface area (TPSA) is 33.7 Å². The smallest absolute Gasteiger partial charge is 0.124 e. The first kappa shape index (κ1) is 18.6. The summed E-state index contributed by atoms with van der Waals surface area (Å²) in [6.07, 6.45) is 1.41. The highest BCUT2D eigenvalue weighted by atomic mass is 16.5. The average molecular weight is 354 g/mol. The van der Waals surface area contributed by atoms with Gasteiger partial charge in [-0.25, -0.2) is 0 Å². The van der Waals surface area contributed by atoms with Gasteiger partial charge in [0, 0.05) is 43.5 Å². The van der Waals surface area contributed by atoms with E-state index in [0.29, 0.717) is 5.92 Å². The lowest BCUT2D eigenvalue weighted by molar-refractivity contribution is 0.239. The molecule has 1 aliphatic rings. The maximum absolute atomic E-state index is 5.90. The molecule has 140 valence electrons. The first-order chi connectivity index (χ1) is 12.7. The molecule has 0 spiro atoms. The van der Waals surface area contributed by atoms with Crippen molar-refractivity contribution < 1.29 is 9.47 Å². The molecule has 1 saturated heterocycles. The lowest BCUT2D eigenvalue weighted by Crippen LogP contribution is -2.26. The van der Waals surface area contributed by atoms with Crippen molar-refractivity contribution >= 4 is 5.69 Å². The molecule has 1 aliphatic heterocycles. The fourth-order valence-corrected chi connectivity index (χ4v) is 3.47. The highest BCUT2D eigenvalue weighted by Gasteiger charge is 2.22. The Morgan fingerprint density at radius 2 is 2.00 bits per heavy atom. The molecule has 1 atom stereocenters. The summed E-state index contributed by atoms with van der Waals surface area (Å²) in [6, 6.07) is 16.6. The van der Waals surface area contributed by atoms with Crippen molar-refractivity contribution in [3.63, 3.8) is 0 Å². The molecule has 1 heterocycles. The fraction of sp³-hybridized carbons (Fsp3) is 0.455. The van der Waals surface area contributed by atoms with Gasteiger partial charge in [-0.2, -0.15) is 0 Å². The minimum atomic E-state index is 0.197. The molecule has 0 amide bonds. The summed E-state index contributed by atoms with van der Waals surface area (Å²) >= 11 is 0. The molecule has 0 aliphatic carbocycles. The molecular formula is C22H30N2O2. The molecule has 0 bridgehead atoms. The van der Waals surface area contributed by atoms with Crippen LogP contribution in [0.15, 0.2) is 48.5 Å². The number of rotatable bonds is 8. The van der Waals surface area contributed by atoms with Crippen LogP contribution < -0.4 is 19.7 Å². The first-order valence-electron chi connectivity index (χ1n) is 9.50. The second-order valence-corrected chi connectivity index (χ2v) is 7.21. The van der Waals surface area contributed by atoms with Crippen molar-refractivity contribution in [1.82, 2.24) is 5.32 Å². The Hall–Kier alpha value is -2.20. The van der Waals surface area contributed by atoms with Crippen LogP contribution in [-0.2, 0) is 6.54 Å². The van der Waals surface area contributed by atoms with E-state index in [1.54, 1.807) is 7.11 Å². The van der Waals surface area contributed by atoms with E-state index in [1.165, 1.54) is 17.7 Å². The van der Waals surface area contributed by atoms with Crippen molar-refractivity contribution in [3.8, 4) is 11.5 Å². The zero-order valence-electron chi connectivity index (χ0n) is 16.1. The first-order valence-corrected chi connectivity index (χ1v) is 9.50. The monoisotopic (exact) mass is 354 g/mol. The van der Waals surface area contributed by atoms with E-state index in [1.807, 2.05) is 12.1 Å². The summed E-state index contributed by atoms with van der Waals surface area (Å²) in [7, 11) is 1.72. The highest BCUT2D eigenvalue weighted by Crippen LogP contribution is 2.27. The molecule has 3 rings (SSSR count). The Labute approximate surface area is 157 Å². The van der Waals surface area contributed by atoms with Gasteiger partial charge in [-0.1, -0.05) is 24.3 Å². The van der Waals surface area contributed by atoms with Crippen molar-refractivity contribution in [2.75, 3.05) is 31.6 Å². The van der Waals surface area contributed by atoms with Crippen LogP contribution in [0.2, 0.25) is 0 Å². The molecule has 0 radical (unpaired) electrons. The van der Waals surface area contributed by atoms with Gasteiger partial charge >= 0.3 is 0 Å². The van der Waals surface area contributed by atoms with Crippen LogP contribution in [0.1, 0.15) is 25.8 Å². The predicted molar refractivity (Wildman–Crippen MR) is 107 cm³/mol. The van der Waals surface area contributed by atoms with E-state index < -0.39 is 0 Å². The second kappa shape index (κ2) is 8.95. The number of methoxy groups -OCH3 is 1. The highest BCUT2D eigenvalue weighted by molar-refractivity contribution is 5.51. The summed E-state index contributed by atoms with van der Waals surface area (Å²) < 4.78 is 11.2. The van der Waals surface area contributed by atoms with E-state index >= 15 is 0 Å². The van der Waals surface area contributed by atoms with Gasteiger partial charge in [0.05, 0.1) is 13.2 Å². The molecule has 2 aromatic carbocycles. The Bertz CT molecular complexity index is 702. The van der Waals surface area contributed by atoms with Crippen molar-refractivity contribution in [2.45, 2.75) is 32.9 Å². The number of anilines is 1. The lowest BCUT2D eigenvalue weighted by atomic mass is 10.1. The third-order valence-electron chi connectivity index (χ3n) is 4.79. The van der Waals surface area contributed by atoms with Gasteiger partial charge in [0.15, 0.2) is 0 Å². The molecule has 4 nitrogen and oxygen atoms in total. The number of ether oxygens (including phenoxy) is 2. The number of hydrogen-bond acceptors (Lipinski definition) is 4. The van der Waals surface area contributed by atoms with Gasteiger partial charge in [-0.05, 0) is 44.4 Å². The van der Waals surface area contributed by atoms with Crippen LogP contribution in [-0.4, -0.2) is 32.8 Å². The minimum absolute atomic E-state index is 0.197. The van der Waals surface area contributed by atoms with Crippen molar-refractivity contribution in [2.24, 2.45) is 5.92 Å². The van der Waals surface area contributed by atoms with Gasteiger partial charge in [0.1, 0.15) is 11.5 Å². The van der Waals surface area contributed by atoms with Crippen LogP contribution in [0.4, 0.5) is 5.69 Å². The summed E-state index contributed by atoms with van der Waals surface area (Å²) in [5, 5.41) is 3.62. The third-order valence-corrected chi connectivity index (χ3v) is 4.79. The van der Waals surface area contributed by atoms with Gasteiger partial charge in [-0.3, -0.25) is 0 Å². The Morgan fingerprint density at radius 3 is 2.81 bits per heavy atom. The lowest BCUT2D eigenvalue weighted by Gasteiger charge is -2.20. The Kier molecular flexibility index (Phi) is 6.40. The number of benzene rings is 2. The summed E-state index contributed by atoms with van der Waals surface area (Å²) in [5.41, 5.74) is 2.48. The van der Waals surface area contributed by atoms with Crippen LogP contribution in [0.5, 0.6) is 11.5 Å². The third kappa shape index (κ3) is 4.92. The number of nitrogens with one attached hydrogen (secondary N) is 1. The van der Waals surface area contributed by atoms with Gasteiger partial charge in [0.25, 0.3) is 0 Å². The van der Waals surface area contributed by atoms with E-state index in [9.17, 15) is 0 Å². The number of para-hydroxylation sites is 1. The Balaban J connectivity index is 1.49. The molecule has 26 heavy (non-hydrogen) atoms. The molecule has 0 unspecified atom stereocenters. The predicted octanol–water partition coefficient (Wildman–Crippen LogP) is 4.10. The van der Waals surface area contributed by atoms with Crippen LogP contribution in [0, 0.1) is 5.92 Å². The van der Waals surface area contributed by atoms with E-state index in [4.69, 9.17) is 9.47 Å². The molecule has 0 saturated carbocycles. The minimum Gasteiger partial charge on any atom is -0.497 e. The standard InChI is InChI=1S/C22H30N2O2/c1-17(2)26-22-10-5-4-7-19(22)15-23-14-18-11-12-24(16-18)20-8-6-9-21(13-20)25-3/h4-10,13,17-18,23H,11-12,14-16H2,1-3H3/t18-/m1/s1. The summed E-state index contributed by atoms with van der Waals surface area (Å²) in [6.45, 7) is 8.19. The van der Waals surface area contributed by atoms with Crippen molar-refractivity contribution in [3.05, 3.63) is 54.1 Å². The maximum Gasteiger partial charge on any atom is 0.124 e. The van der Waals surface area contributed by atoms with Crippen molar-refractivity contribution in [1.29, 1.82) is 0 Å². The van der Waals surface area contributed by atoms with Gasteiger partial charge in [0.2, 0.25) is 0 Å². The summed E-state index contributed by atoms with van der Waals surface area (Å²) in [5.74, 6) is 2.57. The molecular weight excluding hydrogens is 324 g/mol. The average Bonchev–Trinajstić information content (AvgIpc) is 3.12. The van der Waals surface area contributed by atoms with E-state index in [-0.39, 0.29) is 6.10 Å². The van der Waals surface area contributed by atoms with Crippen LogP contribution >= 0.6 is 0 Å². The normalized spacial score (nSPS) is 16.9. The SMILES string of the molecule is COc1cccc(N2CC[C@H](CNCc3ccccc3OC(C)C)C2)c1. The molecule has 1 N–H and O–H groups in total. The molecule has 4 heteroatoms. The van der Waals surface area contributed by atoms with E-state index in [0.717, 1.165) is 37.7 Å². The largest absolute Gasteiger partial charge is 0.497 e. The number of hydrogen-bond donors (Lipinski definition) is 1. The van der Waals surface area contributed by atoms with Gasteiger partial charge < -0.3 is 19.7 Å². The van der Waals surface area contributed by atoms with Crippen LogP contribution in [0.3, 0.4) is 0 Å². The molecule has 1 fully saturated rings. The Morgan fingerprint density at radius 1 is 1.15 bits per heavy atom. The van der Waals surface area contributed by atoms with Gasteiger partial charge in [-0.15, -0.1) is 0 Å². The molecule has 2 aromatic rings. The fourth-order valence-electron chi connectivity index (χ4n) is 3.47. The van der Waals surface area contributed by atoms with Crippen LogP contribution in [0.25, 0.3) is 0 Å². The second-order valence-electron chi connectivity index (χ2n) is 7.21. The summed E-state index contributed by atoms with van der Waals surface area (Å²) in [4.78, 5) is 2.45. The zero-order chi connectivity index (χ0) is 18.4. The quantitative estimate of drug-likeness (QED) is 0.774. The maximum atomic E-state index is 5.90.